The van der Waals surface area contributed by atoms with Gasteiger partial charge in [-0.1, -0.05) is 19.0 Å². The van der Waals surface area contributed by atoms with Gasteiger partial charge in [-0.25, -0.2) is 0 Å². The third-order valence-corrected chi connectivity index (χ3v) is 5.93. The lowest BCUT2D eigenvalue weighted by Gasteiger charge is -2.40. The minimum absolute atomic E-state index is 0.0182. The van der Waals surface area contributed by atoms with Gasteiger partial charge in [0.25, 0.3) is 0 Å². The van der Waals surface area contributed by atoms with E-state index in [4.69, 9.17) is 14.2 Å². The summed E-state index contributed by atoms with van der Waals surface area (Å²) >= 11 is 0. The summed E-state index contributed by atoms with van der Waals surface area (Å²) in [6.07, 6.45) is 2.54. The molecule has 1 unspecified atom stereocenters. The highest BCUT2D eigenvalue weighted by atomic mass is 16.5. The van der Waals surface area contributed by atoms with E-state index >= 15 is 0 Å². The van der Waals surface area contributed by atoms with Crippen molar-refractivity contribution in [1.29, 1.82) is 0 Å². The van der Waals surface area contributed by atoms with Crippen LogP contribution in [0.2, 0.25) is 0 Å². The normalized spacial score (nSPS) is 14.7. The third kappa shape index (κ3) is 4.85. The van der Waals surface area contributed by atoms with Crippen molar-refractivity contribution in [3.63, 3.8) is 0 Å². The zero-order chi connectivity index (χ0) is 24.2. The number of hydrogen-bond donors (Lipinski definition) is 0. The van der Waals surface area contributed by atoms with Crippen LogP contribution >= 0.6 is 0 Å². The first-order valence-corrected chi connectivity index (χ1v) is 10.5. The van der Waals surface area contributed by atoms with E-state index in [0.29, 0.717) is 43.2 Å². The number of amides is 1. The summed E-state index contributed by atoms with van der Waals surface area (Å²) in [5, 5.41) is 5.49. The van der Waals surface area contributed by atoms with Crippen LogP contribution in [0, 0.1) is 15.2 Å². The summed E-state index contributed by atoms with van der Waals surface area (Å²) in [6, 6.07) is 4.64. The molecule has 1 amide bonds. The van der Waals surface area contributed by atoms with Crippen molar-refractivity contribution < 1.29 is 19.0 Å². The summed E-state index contributed by atoms with van der Waals surface area (Å²) in [6.45, 7) is 4.79. The van der Waals surface area contributed by atoms with Gasteiger partial charge >= 0.3 is 5.91 Å². The number of aromatic nitrogens is 1. The van der Waals surface area contributed by atoms with Crippen LogP contribution in [-0.2, 0) is 11.2 Å². The molecule has 2 heterocycles. The number of benzene rings is 1. The zero-order valence-corrected chi connectivity index (χ0v) is 19.1. The Hall–Kier alpha value is -3.40. The molecule has 1 aromatic heterocycles. The topological polar surface area (TPSA) is 126 Å². The van der Waals surface area contributed by atoms with Crippen LogP contribution in [0.1, 0.15) is 42.2 Å². The van der Waals surface area contributed by atoms with E-state index in [-0.39, 0.29) is 18.2 Å². The molecule has 0 radical (unpaired) electrons. The Labute approximate surface area is 190 Å². The maximum absolute atomic E-state index is 12.6. The average molecular weight is 457 g/mol. The molecule has 1 aliphatic heterocycles. The van der Waals surface area contributed by atoms with Gasteiger partial charge in [-0.2, -0.15) is 4.91 Å². The molecule has 0 fully saturated rings. The number of carbonyl (C=O) groups is 1. The lowest BCUT2D eigenvalue weighted by atomic mass is 9.77. The Morgan fingerprint density at radius 3 is 2.55 bits per heavy atom. The second-order valence-electron chi connectivity index (χ2n) is 8.59. The molecule has 1 atom stereocenters. The van der Waals surface area contributed by atoms with E-state index in [1.165, 1.54) is 19.4 Å². The maximum Gasteiger partial charge on any atom is 0.322 e. The molecular weight excluding hydrogens is 430 g/mol. The molecule has 0 spiro atoms. The summed E-state index contributed by atoms with van der Waals surface area (Å²) in [5.74, 6) is -0.0825. The largest absolute Gasteiger partial charge is 0.493 e. The standard InChI is InChI=1S/C23H27N3O7/c1-23(2,13-24-29)21-9-14-8-20(33-7-5-6-31-3)19(32-4)10-15(14)17-11-18(27)16(12-26(17)21)22(28)25-30/h8,10-12,21H,5-7,9,13H2,1-4H3. The van der Waals surface area contributed by atoms with Gasteiger partial charge in [-0.3, -0.25) is 9.59 Å². The minimum atomic E-state index is -1.14. The second kappa shape index (κ2) is 10.0. The Balaban J connectivity index is 2.18. The molecular formula is C23H27N3O7. The molecule has 33 heavy (non-hydrogen) atoms. The quantitative estimate of drug-likeness (QED) is 0.393. The molecule has 0 saturated heterocycles. The number of nitrogens with zero attached hydrogens (tertiary/aromatic N) is 3. The summed E-state index contributed by atoms with van der Waals surface area (Å²) in [4.78, 5) is 46.5. The van der Waals surface area contributed by atoms with Gasteiger partial charge in [0.2, 0.25) is 0 Å². The van der Waals surface area contributed by atoms with E-state index in [1.807, 2.05) is 19.9 Å². The monoisotopic (exact) mass is 457 g/mol. The van der Waals surface area contributed by atoms with Gasteiger partial charge in [0.15, 0.2) is 16.9 Å². The fourth-order valence-electron chi connectivity index (χ4n) is 4.13. The average Bonchev–Trinajstić information content (AvgIpc) is 2.79. The first-order valence-electron chi connectivity index (χ1n) is 10.5. The Morgan fingerprint density at radius 1 is 1.15 bits per heavy atom. The van der Waals surface area contributed by atoms with Crippen LogP contribution in [0.5, 0.6) is 11.5 Å². The van der Waals surface area contributed by atoms with Crippen molar-refractivity contribution in [3.8, 4) is 22.8 Å². The van der Waals surface area contributed by atoms with Crippen molar-refractivity contribution in [3.05, 3.63) is 55.6 Å². The summed E-state index contributed by atoms with van der Waals surface area (Å²) in [7, 11) is 3.15. The summed E-state index contributed by atoms with van der Waals surface area (Å²) < 4.78 is 18.2. The highest BCUT2D eigenvalue weighted by Gasteiger charge is 2.37. The van der Waals surface area contributed by atoms with Crippen LogP contribution in [0.15, 0.2) is 39.5 Å². The number of ether oxygens (including phenoxy) is 3. The number of carbonyl (C=O) groups excluding carboxylic acids is 1. The van der Waals surface area contributed by atoms with E-state index in [1.54, 1.807) is 17.7 Å². The first kappa shape index (κ1) is 24.2. The van der Waals surface area contributed by atoms with Crippen LogP contribution in [-0.4, -0.2) is 44.5 Å². The number of hydrogen-bond acceptors (Lipinski definition) is 8. The molecule has 176 valence electrons. The Bertz CT molecular complexity index is 1120. The summed E-state index contributed by atoms with van der Waals surface area (Å²) in [5.41, 5.74) is 0.630. The lowest BCUT2D eigenvalue weighted by molar-refractivity contribution is 0.0998. The number of pyridine rings is 1. The van der Waals surface area contributed by atoms with Gasteiger partial charge in [-0.05, 0) is 24.1 Å². The van der Waals surface area contributed by atoms with Gasteiger partial charge in [0, 0.05) is 54.6 Å². The van der Waals surface area contributed by atoms with Gasteiger partial charge in [0.1, 0.15) is 5.56 Å². The number of rotatable bonds is 10. The van der Waals surface area contributed by atoms with Crippen molar-refractivity contribution in [2.24, 2.45) is 15.8 Å². The van der Waals surface area contributed by atoms with E-state index < -0.39 is 16.8 Å². The van der Waals surface area contributed by atoms with Gasteiger partial charge in [-0.15, -0.1) is 4.91 Å². The number of fused-ring (bicyclic) bond motifs is 3. The van der Waals surface area contributed by atoms with Crippen molar-refractivity contribution in [2.45, 2.75) is 32.7 Å². The van der Waals surface area contributed by atoms with Gasteiger partial charge in [0.05, 0.1) is 26.0 Å². The highest BCUT2D eigenvalue weighted by molar-refractivity contribution is 5.94. The smallest absolute Gasteiger partial charge is 0.322 e. The van der Waals surface area contributed by atoms with Crippen molar-refractivity contribution in [1.82, 2.24) is 4.57 Å². The molecule has 10 nitrogen and oxygen atoms in total. The highest BCUT2D eigenvalue weighted by Crippen LogP contribution is 2.46. The fraction of sp³-hybridized carbons (Fsp3) is 0.478. The molecule has 0 aliphatic carbocycles. The Kier molecular flexibility index (Phi) is 7.37. The maximum atomic E-state index is 12.6. The van der Waals surface area contributed by atoms with Gasteiger partial charge < -0.3 is 18.8 Å². The zero-order valence-electron chi connectivity index (χ0n) is 19.1. The molecule has 1 aliphatic rings. The molecule has 0 bridgehead atoms. The first-order chi connectivity index (χ1) is 15.8. The van der Waals surface area contributed by atoms with E-state index in [0.717, 1.165) is 11.1 Å². The predicted molar refractivity (Wildman–Crippen MR) is 122 cm³/mol. The second-order valence-corrected chi connectivity index (χ2v) is 8.59. The van der Waals surface area contributed by atoms with Crippen LogP contribution in [0.3, 0.4) is 0 Å². The minimum Gasteiger partial charge on any atom is -0.493 e. The Morgan fingerprint density at radius 2 is 1.91 bits per heavy atom. The molecule has 0 N–H and O–H groups in total. The predicted octanol–water partition coefficient (Wildman–Crippen LogP) is 3.74. The van der Waals surface area contributed by atoms with Crippen LogP contribution in [0.25, 0.3) is 11.3 Å². The van der Waals surface area contributed by atoms with Crippen LogP contribution < -0.4 is 14.9 Å². The molecule has 1 aromatic carbocycles. The van der Waals surface area contributed by atoms with Crippen molar-refractivity contribution in [2.75, 3.05) is 34.0 Å². The van der Waals surface area contributed by atoms with E-state index in [2.05, 4.69) is 10.4 Å². The molecule has 3 rings (SSSR count). The molecule has 10 heteroatoms. The van der Waals surface area contributed by atoms with Crippen LogP contribution in [0.4, 0.5) is 0 Å². The molecule has 2 aromatic rings. The number of nitroso groups, excluding NO2 is 2. The molecule has 0 saturated carbocycles. The fourth-order valence-corrected chi connectivity index (χ4v) is 4.13. The third-order valence-electron chi connectivity index (χ3n) is 5.93. The van der Waals surface area contributed by atoms with Crippen molar-refractivity contribution >= 4 is 5.91 Å². The van der Waals surface area contributed by atoms with E-state index in [9.17, 15) is 19.4 Å². The number of methoxy groups -OCH3 is 2. The lowest BCUT2D eigenvalue weighted by Crippen LogP contribution is -2.36. The SMILES string of the molecule is COCCCOc1cc2c(cc1OC)-c1cc(=O)c(C(=O)N=O)cn1C(C(C)(C)CN=O)C2.